The average Bonchev–Trinajstić information content (AvgIpc) is 2.84. The highest BCUT2D eigenvalue weighted by Gasteiger charge is 2.28. The summed E-state index contributed by atoms with van der Waals surface area (Å²) < 4.78 is 0.706. The minimum Gasteiger partial charge on any atom is -0.398 e. The summed E-state index contributed by atoms with van der Waals surface area (Å²) in [4.78, 5) is 18.4. The molecule has 1 aromatic heterocycles. The third kappa shape index (κ3) is 2.00. The Morgan fingerprint density at radius 2 is 2.16 bits per heavy atom. The Morgan fingerprint density at radius 3 is 2.95 bits per heavy atom. The van der Waals surface area contributed by atoms with Gasteiger partial charge in [-0.2, -0.15) is 0 Å². The Morgan fingerprint density at radius 1 is 1.32 bits per heavy atom. The number of amides is 1. The Labute approximate surface area is 119 Å². The second-order valence-electron chi connectivity index (χ2n) is 4.39. The molecular weight excluding hydrogens is 306 g/mol. The molecule has 0 fully saturated rings. The van der Waals surface area contributed by atoms with E-state index in [1.165, 1.54) is 0 Å². The van der Waals surface area contributed by atoms with Crippen LogP contribution >= 0.6 is 15.9 Å². The Kier molecular flexibility index (Phi) is 2.98. The molecule has 0 saturated carbocycles. The van der Waals surface area contributed by atoms with Crippen molar-refractivity contribution in [3.8, 4) is 0 Å². The maximum Gasteiger partial charge on any atom is 0.278 e. The molecule has 1 aliphatic heterocycles. The summed E-state index contributed by atoms with van der Waals surface area (Å²) in [6, 6.07) is 9.26. The molecule has 2 aromatic rings. The number of hydrogen-bond donors (Lipinski definition) is 1. The fraction of sp³-hybridized carbons (Fsp3) is 0.143. The van der Waals surface area contributed by atoms with Crippen LogP contribution in [-0.2, 0) is 6.42 Å². The number of nitrogen functional groups attached to an aromatic ring is 1. The van der Waals surface area contributed by atoms with E-state index in [4.69, 9.17) is 5.73 Å². The standard InChI is InChI=1S/C14H12BrN3O/c15-10-3-2-7-17-13(10)14(19)18-8-6-9-11(16)4-1-5-12(9)18/h1-5,7H,6,8,16H2. The van der Waals surface area contributed by atoms with Crippen LogP contribution in [-0.4, -0.2) is 17.4 Å². The van der Waals surface area contributed by atoms with Crippen molar-refractivity contribution in [3.05, 3.63) is 52.3 Å². The summed E-state index contributed by atoms with van der Waals surface area (Å²) >= 11 is 3.36. The Hall–Kier alpha value is -1.88. The van der Waals surface area contributed by atoms with Crippen molar-refractivity contribution in [2.45, 2.75) is 6.42 Å². The largest absolute Gasteiger partial charge is 0.398 e. The molecule has 5 heteroatoms. The van der Waals surface area contributed by atoms with E-state index in [1.807, 2.05) is 24.3 Å². The van der Waals surface area contributed by atoms with Gasteiger partial charge < -0.3 is 10.6 Å². The monoisotopic (exact) mass is 317 g/mol. The fourth-order valence-electron chi connectivity index (χ4n) is 2.34. The van der Waals surface area contributed by atoms with Gasteiger partial charge in [0.1, 0.15) is 5.69 Å². The van der Waals surface area contributed by atoms with Crippen molar-refractivity contribution >= 4 is 33.2 Å². The summed E-state index contributed by atoms with van der Waals surface area (Å²) in [5, 5.41) is 0. The highest BCUT2D eigenvalue weighted by molar-refractivity contribution is 9.10. The molecule has 2 N–H and O–H groups in total. The molecule has 0 atom stereocenters. The number of hydrogen-bond acceptors (Lipinski definition) is 3. The highest BCUT2D eigenvalue weighted by Crippen LogP contribution is 2.33. The highest BCUT2D eigenvalue weighted by atomic mass is 79.9. The second-order valence-corrected chi connectivity index (χ2v) is 5.24. The van der Waals surface area contributed by atoms with Crippen LogP contribution in [0.1, 0.15) is 16.1 Å². The summed E-state index contributed by atoms with van der Waals surface area (Å²) in [6.45, 7) is 0.644. The first-order chi connectivity index (χ1) is 9.18. The number of nitrogens with two attached hydrogens (primary N) is 1. The fourth-order valence-corrected chi connectivity index (χ4v) is 2.77. The van der Waals surface area contributed by atoms with Crippen LogP contribution in [0.4, 0.5) is 11.4 Å². The molecule has 1 aromatic carbocycles. The van der Waals surface area contributed by atoms with Gasteiger partial charge in [-0.25, -0.2) is 4.98 Å². The van der Waals surface area contributed by atoms with E-state index in [9.17, 15) is 4.79 Å². The molecule has 19 heavy (non-hydrogen) atoms. The molecule has 0 radical (unpaired) electrons. The van der Waals surface area contributed by atoms with Crippen LogP contribution in [0, 0.1) is 0 Å². The molecule has 96 valence electrons. The van der Waals surface area contributed by atoms with E-state index >= 15 is 0 Å². The van der Waals surface area contributed by atoms with E-state index in [-0.39, 0.29) is 5.91 Å². The Balaban J connectivity index is 2.01. The molecule has 0 saturated heterocycles. The quantitative estimate of drug-likeness (QED) is 0.822. The molecule has 0 aliphatic carbocycles. The van der Waals surface area contributed by atoms with Gasteiger partial charge in [0.15, 0.2) is 0 Å². The first-order valence-electron chi connectivity index (χ1n) is 5.98. The third-order valence-electron chi connectivity index (χ3n) is 3.27. The lowest BCUT2D eigenvalue weighted by molar-refractivity contribution is 0.0984. The number of halogens is 1. The van der Waals surface area contributed by atoms with Crippen LogP contribution in [0.5, 0.6) is 0 Å². The molecule has 0 unspecified atom stereocenters. The van der Waals surface area contributed by atoms with Crippen LogP contribution in [0.15, 0.2) is 41.0 Å². The van der Waals surface area contributed by atoms with Crippen LogP contribution in [0.2, 0.25) is 0 Å². The van der Waals surface area contributed by atoms with Gasteiger partial charge in [0.05, 0.1) is 0 Å². The van der Waals surface area contributed by atoms with Gasteiger partial charge in [0.2, 0.25) is 0 Å². The zero-order chi connectivity index (χ0) is 13.4. The molecule has 0 spiro atoms. The van der Waals surface area contributed by atoms with Crippen molar-refractivity contribution in [3.63, 3.8) is 0 Å². The molecule has 0 bridgehead atoms. The van der Waals surface area contributed by atoms with E-state index < -0.39 is 0 Å². The van der Waals surface area contributed by atoms with E-state index in [0.29, 0.717) is 16.7 Å². The predicted molar refractivity (Wildman–Crippen MR) is 78.2 cm³/mol. The maximum absolute atomic E-state index is 12.5. The first-order valence-corrected chi connectivity index (χ1v) is 6.77. The predicted octanol–water partition coefficient (Wildman–Crippen LogP) is 2.63. The zero-order valence-corrected chi connectivity index (χ0v) is 11.7. The first kappa shape index (κ1) is 12.2. The molecule has 4 nitrogen and oxygen atoms in total. The van der Waals surface area contributed by atoms with Crippen LogP contribution in [0.3, 0.4) is 0 Å². The maximum atomic E-state index is 12.5. The summed E-state index contributed by atoms with van der Waals surface area (Å²) in [7, 11) is 0. The summed E-state index contributed by atoms with van der Waals surface area (Å²) in [5.74, 6) is -0.100. The van der Waals surface area contributed by atoms with E-state index in [0.717, 1.165) is 23.4 Å². The van der Waals surface area contributed by atoms with Crippen molar-refractivity contribution < 1.29 is 4.79 Å². The van der Waals surface area contributed by atoms with E-state index in [2.05, 4.69) is 20.9 Å². The SMILES string of the molecule is Nc1cccc2c1CCN2C(=O)c1ncccc1Br. The number of rotatable bonds is 1. The number of anilines is 2. The summed E-state index contributed by atoms with van der Waals surface area (Å²) in [5.41, 5.74) is 9.05. The van der Waals surface area contributed by atoms with Gasteiger partial charge in [-0.1, -0.05) is 6.07 Å². The zero-order valence-electron chi connectivity index (χ0n) is 10.1. The number of pyridine rings is 1. The Bertz CT molecular complexity index is 657. The lowest BCUT2D eigenvalue weighted by Crippen LogP contribution is -2.29. The molecule has 1 aliphatic rings. The van der Waals surface area contributed by atoms with Gasteiger partial charge in [0.25, 0.3) is 5.91 Å². The number of fused-ring (bicyclic) bond motifs is 1. The third-order valence-corrected chi connectivity index (χ3v) is 3.91. The van der Waals surface area contributed by atoms with Crippen LogP contribution in [0.25, 0.3) is 0 Å². The van der Waals surface area contributed by atoms with Crippen molar-refractivity contribution in [1.82, 2.24) is 4.98 Å². The van der Waals surface area contributed by atoms with Gasteiger partial charge in [0, 0.05) is 34.2 Å². The van der Waals surface area contributed by atoms with Crippen molar-refractivity contribution in [1.29, 1.82) is 0 Å². The van der Waals surface area contributed by atoms with E-state index in [1.54, 1.807) is 17.2 Å². The average molecular weight is 318 g/mol. The minimum atomic E-state index is -0.100. The minimum absolute atomic E-state index is 0.100. The molecule has 3 rings (SSSR count). The van der Waals surface area contributed by atoms with Gasteiger partial charge in [-0.15, -0.1) is 0 Å². The number of carbonyl (C=O) groups excluding carboxylic acids is 1. The van der Waals surface area contributed by atoms with Crippen molar-refractivity contribution in [2.24, 2.45) is 0 Å². The van der Waals surface area contributed by atoms with Crippen LogP contribution < -0.4 is 10.6 Å². The van der Waals surface area contributed by atoms with Gasteiger partial charge in [-0.05, 0) is 46.6 Å². The van der Waals surface area contributed by atoms with Gasteiger partial charge >= 0.3 is 0 Å². The lowest BCUT2D eigenvalue weighted by atomic mass is 10.1. The van der Waals surface area contributed by atoms with Gasteiger partial charge in [-0.3, -0.25) is 4.79 Å². The summed E-state index contributed by atoms with van der Waals surface area (Å²) in [6.07, 6.45) is 2.41. The number of carbonyl (C=O) groups is 1. The molecular formula is C14H12BrN3O. The molecule has 1 amide bonds. The second kappa shape index (κ2) is 4.66. The topological polar surface area (TPSA) is 59.2 Å². The molecule has 2 heterocycles. The number of aromatic nitrogens is 1. The lowest BCUT2D eigenvalue weighted by Gasteiger charge is -2.17. The normalized spacial score (nSPS) is 13.4. The number of nitrogens with zero attached hydrogens (tertiary/aromatic N) is 2. The smallest absolute Gasteiger partial charge is 0.278 e. The van der Waals surface area contributed by atoms with Crippen molar-refractivity contribution in [2.75, 3.05) is 17.2 Å². The number of benzene rings is 1.